The van der Waals surface area contributed by atoms with Crippen molar-refractivity contribution in [2.75, 3.05) is 18.4 Å². The van der Waals surface area contributed by atoms with Crippen LogP contribution in [-0.2, 0) is 33.5 Å². The van der Waals surface area contributed by atoms with Gasteiger partial charge in [-0.05, 0) is 19.1 Å². The SMILES string of the molecule is CC(Cc1ccc2n1NCNC2=O)OCP(=O)(O)OP(=O)(O)OP(=O)(O)O. The normalized spacial score (nSPS) is 20.0. The Kier molecular flexibility index (Phi) is 6.71. The summed E-state index contributed by atoms with van der Waals surface area (Å²) in [6, 6.07) is 3.23. The van der Waals surface area contributed by atoms with E-state index in [9.17, 15) is 23.4 Å². The van der Waals surface area contributed by atoms with E-state index < -0.39 is 35.7 Å². The highest BCUT2D eigenvalue weighted by atomic mass is 31.3. The molecule has 0 spiro atoms. The lowest BCUT2D eigenvalue weighted by Gasteiger charge is -2.22. The monoisotopic (exact) mass is 449 g/mol. The Balaban J connectivity index is 1.92. The molecule has 0 bridgehead atoms. The van der Waals surface area contributed by atoms with Gasteiger partial charge in [0.15, 0.2) is 0 Å². The summed E-state index contributed by atoms with van der Waals surface area (Å²) in [5.41, 5.74) is 3.92. The molecule has 0 aromatic carbocycles. The minimum Gasteiger partial charge on any atom is -0.365 e. The van der Waals surface area contributed by atoms with Crippen LogP contribution in [0.2, 0.25) is 0 Å². The van der Waals surface area contributed by atoms with E-state index >= 15 is 0 Å². The number of nitrogens with one attached hydrogen (secondary N) is 2. The van der Waals surface area contributed by atoms with Crippen LogP contribution in [0.25, 0.3) is 0 Å². The fraction of sp³-hybridized carbons (Fsp3) is 0.500. The van der Waals surface area contributed by atoms with Crippen LogP contribution in [0.5, 0.6) is 0 Å². The molecule has 3 unspecified atom stereocenters. The van der Waals surface area contributed by atoms with Gasteiger partial charge in [0.05, 0.1) is 6.10 Å². The zero-order valence-corrected chi connectivity index (χ0v) is 16.5. The minimum atomic E-state index is -5.49. The van der Waals surface area contributed by atoms with Crippen molar-refractivity contribution >= 4 is 29.1 Å². The molecule has 154 valence electrons. The van der Waals surface area contributed by atoms with Crippen molar-refractivity contribution in [3.63, 3.8) is 0 Å². The van der Waals surface area contributed by atoms with E-state index in [0.717, 1.165) is 0 Å². The summed E-state index contributed by atoms with van der Waals surface area (Å²) < 4.78 is 47.6. The molecule has 6 N–H and O–H groups in total. The predicted octanol–water partition coefficient (Wildman–Crippen LogP) is 0.0493. The first-order valence-electron chi connectivity index (χ1n) is 7.25. The molecule has 2 heterocycles. The second-order valence-electron chi connectivity index (χ2n) is 5.46. The van der Waals surface area contributed by atoms with E-state index in [1.165, 1.54) is 11.6 Å². The van der Waals surface area contributed by atoms with Crippen molar-refractivity contribution in [2.45, 2.75) is 19.4 Å². The zero-order chi connectivity index (χ0) is 20.5. The molecule has 1 aromatic heterocycles. The van der Waals surface area contributed by atoms with Crippen LogP contribution < -0.4 is 10.7 Å². The summed E-state index contributed by atoms with van der Waals surface area (Å²) in [6.45, 7) is 1.75. The number of ether oxygens (including phenoxy) is 1. The maximum atomic E-state index is 11.8. The van der Waals surface area contributed by atoms with E-state index in [1.54, 1.807) is 12.1 Å². The average molecular weight is 449 g/mol. The number of aromatic nitrogens is 1. The number of amides is 1. The molecule has 0 fully saturated rings. The Morgan fingerprint density at radius 2 is 1.85 bits per heavy atom. The average Bonchev–Trinajstić information content (AvgIpc) is 2.86. The van der Waals surface area contributed by atoms with Gasteiger partial charge in [-0.1, -0.05) is 0 Å². The third-order valence-corrected chi connectivity index (χ3v) is 7.14. The standard InChI is InChI=1S/C10H18N3O11P3/c1-7(4-8-2-3-9-10(14)11-5-12-13(8)9)22-6-25(15,16)23-27(20,21)24-26(17,18)19/h2-3,7,12H,4-6H2,1H3,(H,11,14)(H,15,16)(H,20,21)(H2,17,18,19). The summed E-state index contributed by atoms with van der Waals surface area (Å²) >= 11 is 0. The summed E-state index contributed by atoms with van der Waals surface area (Å²) in [4.78, 5) is 47.2. The van der Waals surface area contributed by atoms with E-state index in [0.29, 0.717) is 11.4 Å². The van der Waals surface area contributed by atoms with Crippen LogP contribution in [0.1, 0.15) is 23.1 Å². The number of phosphoric acid groups is 2. The molecule has 0 radical (unpaired) electrons. The fourth-order valence-corrected chi connectivity index (χ4v) is 5.58. The lowest BCUT2D eigenvalue weighted by atomic mass is 10.2. The van der Waals surface area contributed by atoms with Gasteiger partial charge >= 0.3 is 23.2 Å². The van der Waals surface area contributed by atoms with Gasteiger partial charge in [-0.3, -0.25) is 14.0 Å². The lowest BCUT2D eigenvalue weighted by molar-refractivity contribution is 0.0860. The first-order chi connectivity index (χ1) is 12.3. The van der Waals surface area contributed by atoms with Crippen LogP contribution in [0.4, 0.5) is 0 Å². The topological polar surface area (TPSA) is 206 Å². The highest BCUT2D eigenvalue weighted by Crippen LogP contribution is 2.65. The third-order valence-electron chi connectivity index (χ3n) is 3.14. The maximum absolute atomic E-state index is 11.8. The summed E-state index contributed by atoms with van der Waals surface area (Å²) in [6.07, 6.45) is -1.51. The van der Waals surface area contributed by atoms with Gasteiger partial charge < -0.3 is 35.1 Å². The van der Waals surface area contributed by atoms with Crippen LogP contribution in [-0.4, -0.2) is 49.3 Å². The molecule has 2 rings (SSSR count). The molecular formula is C10H18N3O11P3. The van der Waals surface area contributed by atoms with E-state index in [2.05, 4.69) is 19.4 Å². The molecule has 1 aliphatic heterocycles. The molecule has 17 heteroatoms. The van der Waals surface area contributed by atoms with Gasteiger partial charge in [0, 0.05) is 12.1 Å². The van der Waals surface area contributed by atoms with E-state index in [1.807, 2.05) is 0 Å². The zero-order valence-electron chi connectivity index (χ0n) is 13.8. The van der Waals surface area contributed by atoms with Crippen molar-refractivity contribution in [1.82, 2.24) is 9.99 Å². The Hall–Kier alpha value is -1.04. The Morgan fingerprint density at radius 3 is 2.48 bits per heavy atom. The van der Waals surface area contributed by atoms with Crippen molar-refractivity contribution in [3.8, 4) is 0 Å². The molecule has 3 atom stereocenters. The van der Waals surface area contributed by atoms with Gasteiger partial charge in [0.2, 0.25) is 0 Å². The van der Waals surface area contributed by atoms with Crippen LogP contribution in [0, 0.1) is 0 Å². The lowest BCUT2D eigenvalue weighted by Crippen LogP contribution is -2.42. The number of nitrogens with zero attached hydrogens (tertiary/aromatic N) is 1. The molecule has 1 aromatic rings. The smallest absolute Gasteiger partial charge is 0.365 e. The van der Waals surface area contributed by atoms with Gasteiger partial charge in [0.1, 0.15) is 18.7 Å². The first-order valence-corrected chi connectivity index (χ1v) is 12.0. The number of fused-ring (bicyclic) bond motifs is 1. The number of hydrogen-bond donors (Lipinski definition) is 6. The highest BCUT2D eigenvalue weighted by Gasteiger charge is 2.39. The highest BCUT2D eigenvalue weighted by molar-refractivity contribution is 7.68. The molecule has 1 amide bonds. The fourth-order valence-electron chi connectivity index (χ4n) is 2.20. The van der Waals surface area contributed by atoms with Crippen molar-refractivity contribution in [3.05, 3.63) is 23.5 Å². The minimum absolute atomic E-state index is 0.204. The summed E-state index contributed by atoms with van der Waals surface area (Å²) in [5.74, 6) is -0.273. The number of hydrogen-bond acceptors (Lipinski definition) is 8. The molecule has 14 nitrogen and oxygen atoms in total. The summed E-state index contributed by atoms with van der Waals surface area (Å²) in [5, 5.41) is 2.58. The van der Waals surface area contributed by atoms with E-state index in [4.69, 9.17) is 19.4 Å². The Bertz CT molecular complexity index is 849. The van der Waals surface area contributed by atoms with E-state index in [-0.39, 0.29) is 19.0 Å². The van der Waals surface area contributed by atoms with Crippen LogP contribution in [0.15, 0.2) is 12.1 Å². The van der Waals surface area contributed by atoms with Gasteiger partial charge in [-0.2, -0.15) is 4.31 Å². The van der Waals surface area contributed by atoms with Crippen molar-refractivity contribution in [1.29, 1.82) is 0 Å². The molecule has 0 aliphatic carbocycles. The largest absolute Gasteiger partial charge is 0.488 e. The number of carbonyl (C=O) groups is 1. The second-order valence-corrected chi connectivity index (χ2v) is 10.2. The molecule has 1 aliphatic rings. The second kappa shape index (κ2) is 8.14. The Labute approximate surface area is 152 Å². The van der Waals surface area contributed by atoms with Crippen LogP contribution in [0.3, 0.4) is 0 Å². The molecule has 0 saturated heterocycles. The molecular weight excluding hydrogens is 431 g/mol. The third kappa shape index (κ3) is 6.81. The molecule has 27 heavy (non-hydrogen) atoms. The summed E-state index contributed by atoms with van der Waals surface area (Å²) in [7, 11) is -15.8. The quantitative estimate of drug-likeness (QED) is 0.277. The molecule has 0 saturated carbocycles. The van der Waals surface area contributed by atoms with Gasteiger partial charge in [0.25, 0.3) is 5.91 Å². The first kappa shape index (κ1) is 22.3. The van der Waals surface area contributed by atoms with Crippen LogP contribution >= 0.6 is 23.2 Å². The number of carbonyl (C=O) groups excluding carboxylic acids is 1. The predicted molar refractivity (Wildman–Crippen MR) is 89.1 cm³/mol. The maximum Gasteiger partial charge on any atom is 0.488 e. The van der Waals surface area contributed by atoms with Gasteiger partial charge in [-0.15, -0.1) is 0 Å². The Morgan fingerprint density at radius 1 is 1.19 bits per heavy atom. The van der Waals surface area contributed by atoms with Crippen molar-refractivity contribution < 1.29 is 51.4 Å². The van der Waals surface area contributed by atoms with Crippen molar-refractivity contribution in [2.24, 2.45) is 0 Å². The van der Waals surface area contributed by atoms with Gasteiger partial charge in [-0.25, -0.2) is 13.4 Å². The number of rotatable bonds is 9.